The molecule has 2 aromatic carbocycles. The van der Waals surface area contributed by atoms with Gasteiger partial charge < -0.3 is 11.5 Å². The molecule has 4 N–H and O–H groups in total. The number of rotatable bonds is 14. The fourth-order valence-electron chi connectivity index (χ4n) is 4.92. The number of nitrogens with two attached hydrogens (primary N) is 2. The number of hydrogen-bond donors (Lipinski definition) is 2. The van der Waals surface area contributed by atoms with Crippen molar-refractivity contribution in [2.75, 3.05) is 49.1 Å². The van der Waals surface area contributed by atoms with Crippen LogP contribution in [0.3, 0.4) is 0 Å². The maximum atomic E-state index is 12.2. The number of nitrogens with zero attached hydrogens (tertiary/aromatic N) is 4. The summed E-state index contributed by atoms with van der Waals surface area (Å²) in [6.07, 6.45) is 0.736. The molecule has 8 heteroatoms. The molecular weight excluding hydrogens is 464 g/mol. The highest BCUT2D eigenvalue weighted by atomic mass is 16.2. The molecular formula is C29H46N6O2. The molecule has 2 unspecified atom stereocenters. The van der Waals surface area contributed by atoms with Gasteiger partial charge in [0.15, 0.2) is 0 Å². The van der Waals surface area contributed by atoms with E-state index in [2.05, 4.69) is 51.3 Å². The van der Waals surface area contributed by atoms with Crippen molar-refractivity contribution >= 4 is 23.4 Å². The number of urea groups is 2. The standard InChI is InChI=1S/C29H46N6O2/c1-7-32(8-2)22(5)20-34(28(30)36)26-15-11-24(12-16-26)19-25-13-17-27(18-14-25)35(29(31)37)21-23(6)33(9-3)10-4/h11-18,22-23H,7-10,19-21H2,1-6H3,(H2,30,36)(H2,31,37). The van der Waals surface area contributed by atoms with Crippen LogP contribution in [0.5, 0.6) is 0 Å². The van der Waals surface area contributed by atoms with Crippen molar-refractivity contribution in [1.29, 1.82) is 0 Å². The number of amides is 4. The molecule has 0 aliphatic rings. The van der Waals surface area contributed by atoms with Gasteiger partial charge in [0.25, 0.3) is 0 Å². The number of likely N-dealkylation sites (N-methyl/N-ethyl adjacent to an activating group) is 2. The SMILES string of the molecule is CCN(CC)C(C)CN(C(N)=O)c1ccc(Cc2ccc(N(CC(C)N(CC)CC)C(N)=O)cc2)cc1. The van der Waals surface area contributed by atoms with E-state index in [4.69, 9.17) is 11.5 Å². The van der Waals surface area contributed by atoms with Crippen molar-refractivity contribution in [1.82, 2.24) is 9.80 Å². The van der Waals surface area contributed by atoms with Crippen LogP contribution >= 0.6 is 0 Å². The minimum absolute atomic E-state index is 0.204. The quantitative estimate of drug-likeness (QED) is 0.391. The smallest absolute Gasteiger partial charge is 0.319 e. The maximum Gasteiger partial charge on any atom is 0.319 e. The summed E-state index contributed by atoms with van der Waals surface area (Å²) in [4.78, 5) is 32.2. The third kappa shape index (κ3) is 8.47. The minimum Gasteiger partial charge on any atom is -0.351 e. The number of hydrogen-bond acceptors (Lipinski definition) is 4. The fourth-order valence-corrected chi connectivity index (χ4v) is 4.92. The normalized spacial score (nSPS) is 13.0. The lowest BCUT2D eigenvalue weighted by molar-refractivity contribution is 0.227. The van der Waals surface area contributed by atoms with Gasteiger partial charge in [-0.1, -0.05) is 52.0 Å². The number of carbonyl (C=O) groups is 2. The zero-order chi connectivity index (χ0) is 27.5. The van der Waals surface area contributed by atoms with Crippen molar-refractivity contribution < 1.29 is 9.59 Å². The van der Waals surface area contributed by atoms with Gasteiger partial charge in [0.1, 0.15) is 0 Å². The lowest BCUT2D eigenvalue weighted by Gasteiger charge is -2.31. The Hall–Kier alpha value is -3.10. The molecule has 0 radical (unpaired) electrons. The highest BCUT2D eigenvalue weighted by Crippen LogP contribution is 2.21. The molecule has 2 rings (SSSR count). The molecule has 2 atom stereocenters. The van der Waals surface area contributed by atoms with Crippen molar-refractivity contribution in [3.63, 3.8) is 0 Å². The number of carbonyl (C=O) groups excluding carboxylic acids is 2. The van der Waals surface area contributed by atoms with Crippen LogP contribution in [0.4, 0.5) is 21.0 Å². The molecule has 0 saturated carbocycles. The average molecular weight is 511 g/mol. The van der Waals surface area contributed by atoms with E-state index in [-0.39, 0.29) is 12.1 Å². The average Bonchev–Trinajstić information content (AvgIpc) is 2.88. The lowest BCUT2D eigenvalue weighted by atomic mass is 10.0. The minimum atomic E-state index is -0.448. The summed E-state index contributed by atoms with van der Waals surface area (Å²) in [5, 5.41) is 0. The van der Waals surface area contributed by atoms with Gasteiger partial charge in [-0.25, -0.2) is 9.59 Å². The van der Waals surface area contributed by atoms with Gasteiger partial charge in [-0.05, 0) is 81.8 Å². The van der Waals surface area contributed by atoms with E-state index in [1.54, 1.807) is 9.80 Å². The van der Waals surface area contributed by atoms with Gasteiger partial charge in [-0.3, -0.25) is 19.6 Å². The molecule has 4 amide bonds. The van der Waals surface area contributed by atoms with E-state index >= 15 is 0 Å². The van der Waals surface area contributed by atoms with Crippen molar-refractivity contribution in [2.45, 2.75) is 60.0 Å². The highest BCUT2D eigenvalue weighted by Gasteiger charge is 2.20. The van der Waals surface area contributed by atoms with Crippen molar-refractivity contribution in [3.05, 3.63) is 59.7 Å². The van der Waals surface area contributed by atoms with Crippen LogP contribution in [0.2, 0.25) is 0 Å². The predicted octanol–water partition coefficient (Wildman–Crippen LogP) is 4.51. The Kier molecular flexibility index (Phi) is 11.9. The second-order valence-electron chi connectivity index (χ2n) is 9.55. The highest BCUT2D eigenvalue weighted by molar-refractivity contribution is 5.91. The monoisotopic (exact) mass is 510 g/mol. The summed E-state index contributed by atoms with van der Waals surface area (Å²) < 4.78 is 0. The molecule has 0 saturated heterocycles. The zero-order valence-corrected chi connectivity index (χ0v) is 23.5. The van der Waals surface area contributed by atoms with Crippen LogP contribution in [-0.2, 0) is 6.42 Å². The van der Waals surface area contributed by atoms with Crippen LogP contribution in [0.1, 0.15) is 52.7 Å². The van der Waals surface area contributed by atoms with E-state index in [0.717, 1.165) is 55.1 Å². The molecule has 0 spiro atoms. The summed E-state index contributed by atoms with van der Waals surface area (Å²) in [6.45, 7) is 17.5. The summed E-state index contributed by atoms with van der Waals surface area (Å²) in [5.41, 5.74) is 15.3. The Balaban J connectivity index is 2.10. The van der Waals surface area contributed by atoms with Gasteiger partial charge >= 0.3 is 12.1 Å². The number of primary amides is 2. The summed E-state index contributed by atoms with van der Waals surface area (Å²) >= 11 is 0. The second-order valence-corrected chi connectivity index (χ2v) is 9.55. The summed E-state index contributed by atoms with van der Waals surface area (Å²) in [7, 11) is 0. The molecule has 2 aromatic rings. The topological polar surface area (TPSA) is 99.1 Å². The zero-order valence-electron chi connectivity index (χ0n) is 23.5. The van der Waals surface area contributed by atoms with E-state index < -0.39 is 12.1 Å². The fraction of sp³-hybridized carbons (Fsp3) is 0.517. The first-order valence-corrected chi connectivity index (χ1v) is 13.4. The Bertz CT molecular complexity index is 891. The van der Waals surface area contributed by atoms with Crippen molar-refractivity contribution in [2.24, 2.45) is 11.5 Å². The molecule has 0 aliphatic heterocycles. The first-order chi connectivity index (χ1) is 17.6. The Labute approximate surface area is 223 Å². The molecule has 0 aromatic heterocycles. The summed E-state index contributed by atoms with van der Waals surface area (Å²) in [5.74, 6) is 0. The van der Waals surface area contributed by atoms with Gasteiger partial charge in [0.2, 0.25) is 0 Å². The second kappa shape index (κ2) is 14.6. The third-order valence-corrected chi connectivity index (χ3v) is 7.20. The van der Waals surface area contributed by atoms with Gasteiger partial charge in [-0.2, -0.15) is 0 Å². The summed E-state index contributed by atoms with van der Waals surface area (Å²) in [6, 6.07) is 15.4. The van der Waals surface area contributed by atoms with Crippen LogP contribution in [0, 0.1) is 0 Å². The Morgan fingerprint density at radius 2 is 0.919 bits per heavy atom. The van der Waals surface area contributed by atoms with Crippen LogP contribution in [0.25, 0.3) is 0 Å². The van der Waals surface area contributed by atoms with E-state index in [0.29, 0.717) is 13.1 Å². The van der Waals surface area contributed by atoms with E-state index in [1.165, 1.54) is 0 Å². The van der Waals surface area contributed by atoms with E-state index in [1.807, 2.05) is 48.5 Å². The molecule has 0 aliphatic carbocycles. The first kappa shape index (κ1) is 30.1. The first-order valence-electron chi connectivity index (χ1n) is 13.4. The molecule has 0 fully saturated rings. The third-order valence-electron chi connectivity index (χ3n) is 7.20. The Morgan fingerprint density at radius 1 is 0.622 bits per heavy atom. The van der Waals surface area contributed by atoms with E-state index in [9.17, 15) is 9.59 Å². The predicted molar refractivity (Wildman–Crippen MR) is 154 cm³/mol. The largest absolute Gasteiger partial charge is 0.351 e. The van der Waals surface area contributed by atoms with Crippen LogP contribution in [-0.4, -0.2) is 73.2 Å². The molecule has 37 heavy (non-hydrogen) atoms. The van der Waals surface area contributed by atoms with Crippen molar-refractivity contribution in [3.8, 4) is 0 Å². The van der Waals surface area contributed by atoms with Gasteiger partial charge in [-0.15, -0.1) is 0 Å². The lowest BCUT2D eigenvalue weighted by Crippen LogP contribution is -2.46. The van der Waals surface area contributed by atoms with Crippen LogP contribution in [0.15, 0.2) is 48.5 Å². The van der Waals surface area contributed by atoms with Crippen LogP contribution < -0.4 is 21.3 Å². The molecule has 8 nitrogen and oxygen atoms in total. The molecule has 0 bridgehead atoms. The molecule has 0 heterocycles. The Morgan fingerprint density at radius 3 is 1.16 bits per heavy atom. The van der Waals surface area contributed by atoms with Gasteiger partial charge in [0.05, 0.1) is 0 Å². The number of anilines is 2. The maximum absolute atomic E-state index is 12.2. The van der Waals surface area contributed by atoms with Gasteiger partial charge in [0, 0.05) is 36.5 Å². The molecule has 204 valence electrons. The number of benzene rings is 2.